The van der Waals surface area contributed by atoms with Crippen LogP contribution in [0.15, 0.2) is 43.0 Å². The van der Waals surface area contributed by atoms with Crippen molar-refractivity contribution in [2.24, 2.45) is 0 Å². The van der Waals surface area contributed by atoms with Crippen molar-refractivity contribution >= 4 is 9.39 Å². The summed E-state index contributed by atoms with van der Waals surface area (Å²) in [5, 5.41) is 3.07. The third-order valence-electron chi connectivity index (χ3n) is 1.57. The maximum Gasteiger partial charge on any atom is 0.0532 e. The molecule has 0 aliphatic carbocycles. The summed E-state index contributed by atoms with van der Waals surface area (Å²) in [6, 6.07) is 10.4. The van der Waals surface area contributed by atoms with E-state index in [9.17, 15) is 0 Å². The van der Waals surface area contributed by atoms with Crippen molar-refractivity contribution in [1.29, 1.82) is 0 Å². The van der Waals surface area contributed by atoms with Gasteiger partial charge >= 0.3 is 0 Å². The molecule has 2 heteroatoms. The minimum Gasteiger partial charge on any atom is -0.290 e. The monoisotopic (exact) mass is 165 g/mol. The standard InChI is InChI=1S/C9H12NP/c1-2-9(10-11)8-6-4-3-5-7-8/h2-7,9-10H,1,11H2. The Morgan fingerprint density at radius 2 is 2.00 bits per heavy atom. The first kappa shape index (κ1) is 8.45. The lowest BCUT2D eigenvalue weighted by Gasteiger charge is -2.10. The van der Waals surface area contributed by atoms with Gasteiger partial charge < -0.3 is 0 Å². The molecule has 0 aliphatic rings. The van der Waals surface area contributed by atoms with E-state index in [1.165, 1.54) is 5.56 Å². The number of hydrogen-bond acceptors (Lipinski definition) is 1. The second-order valence-corrected chi connectivity index (χ2v) is 2.62. The van der Waals surface area contributed by atoms with Crippen LogP contribution in [-0.4, -0.2) is 0 Å². The van der Waals surface area contributed by atoms with Crippen LogP contribution in [0.25, 0.3) is 0 Å². The van der Waals surface area contributed by atoms with Crippen LogP contribution in [-0.2, 0) is 0 Å². The molecule has 2 atom stereocenters. The zero-order valence-electron chi connectivity index (χ0n) is 6.33. The average molecular weight is 165 g/mol. The fourth-order valence-corrected chi connectivity index (χ4v) is 1.29. The SMILES string of the molecule is C=CC(NP)c1ccccc1. The zero-order valence-corrected chi connectivity index (χ0v) is 7.48. The maximum absolute atomic E-state index is 3.73. The highest BCUT2D eigenvalue weighted by Crippen LogP contribution is 2.13. The van der Waals surface area contributed by atoms with Crippen LogP contribution in [0.1, 0.15) is 11.6 Å². The van der Waals surface area contributed by atoms with E-state index in [2.05, 4.69) is 33.2 Å². The van der Waals surface area contributed by atoms with Crippen molar-refractivity contribution in [1.82, 2.24) is 5.09 Å². The van der Waals surface area contributed by atoms with Gasteiger partial charge in [0.25, 0.3) is 0 Å². The van der Waals surface area contributed by atoms with Gasteiger partial charge in [0.05, 0.1) is 6.04 Å². The molecule has 58 valence electrons. The maximum atomic E-state index is 3.73. The zero-order chi connectivity index (χ0) is 8.10. The van der Waals surface area contributed by atoms with E-state index in [0.29, 0.717) is 0 Å². The fourth-order valence-electron chi connectivity index (χ4n) is 0.961. The van der Waals surface area contributed by atoms with Crippen molar-refractivity contribution in [3.63, 3.8) is 0 Å². The molecule has 0 aliphatic heterocycles. The highest BCUT2D eigenvalue weighted by Gasteiger charge is 2.00. The van der Waals surface area contributed by atoms with Crippen LogP contribution >= 0.6 is 9.39 Å². The molecular formula is C9H12NP. The van der Waals surface area contributed by atoms with Gasteiger partial charge in [0.2, 0.25) is 0 Å². The molecule has 2 unspecified atom stereocenters. The third kappa shape index (κ3) is 2.14. The summed E-state index contributed by atoms with van der Waals surface area (Å²) in [7, 11) is 2.49. The lowest BCUT2D eigenvalue weighted by Crippen LogP contribution is -2.06. The minimum absolute atomic E-state index is 0.237. The second-order valence-electron chi connectivity index (χ2n) is 2.29. The first-order chi connectivity index (χ1) is 5.38. The summed E-state index contributed by atoms with van der Waals surface area (Å²) in [6.07, 6.45) is 1.88. The molecule has 1 N–H and O–H groups in total. The molecular weight excluding hydrogens is 153 g/mol. The number of rotatable bonds is 3. The highest BCUT2D eigenvalue weighted by atomic mass is 31.0. The lowest BCUT2D eigenvalue weighted by atomic mass is 10.1. The summed E-state index contributed by atoms with van der Waals surface area (Å²) >= 11 is 0. The molecule has 0 bridgehead atoms. The van der Waals surface area contributed by atoms with E-state index < -0.39 is 0 Å². The summed E-state index contributed by atoms with van der Waals surface area (Å²) in [5.74, 6) is 0. The van der Waals surface area contributed by atoms with Crippen molar-refractivity contribution in [2.45, 2.75) is 6.04 Å². The Hall–Kier alpha value is -0.650. The lowest BCUT2D eigenvalue weighted by molar-refractivity contribution is 0.840. The Morgan fingerprint density at radius 1 is 1.36 bits per heavy atom. The molecule has 1 aromatic carbocycles. The predicted octanol–water partition coefficient (Wildman–Crippen LogP) is 2.29. The topological polar surface area (TPSA) is 12.0 Å². The Labute approximate surface area is 69.8 Å². The van der Waals surface area contributed by atoms with Gasteiger partial charge in [0.15, 0.2) is 0 Å². The van der Waals surface area contributed by atoms with Gasteiger partial charge in [-0.25, -0.2) is 0 Å². The Balaban J connectivity index is 2.82. The van der Waals surface area contributed by atoms with Crippen LogP contribution in [0.4, 0.5) is 0 Å². The van der Waals surface area contributed by atoms with Crippen molar-refractivity contribution < 1.29 is 0 Å². The molecule has 0 radical (unpaired) electrons. The van der Waals surface area contributed by atoms with E-state index >= 15 is 0 Å². The largest absolute Gasteiger partial charge is 0.290 e. The first-order valence-corrected chi connectivity index (χ1v) is 4.10. The number of hydrogen-bond donors (Lipinski definition) is 1. The summed E-state index contributed by atoms with van der Waals surface area (Å²) in [6.45, 7) is 3.73. The van der Waals surface area contributed by atoms with Gasteiger partial charge in [-0.3, -0.25) is 5.09 Å². The highest BCUT2D eigenvalue weighted by molar-refractivity contribution is 7.13. The van der Waals surface area contributed by atoms with Crippen LogP contribution in [0, 0.1) is 0 Å². The molecule has 0 heterocycles. The van der Waals surface area contributed by atoms with Gasteiger partial charge in [0, 0.05) is 0 Å². The van der Waals surface area contributed by atoms with E-state index in [1.807, 2.05) is 24.3 Å². The Morgan fingerprint density at radius 3 is 2.45 bits per heavy atom. The molecule has 0 saturated carbocycles. The fraction of sp³-hybridized carbons (Fsp3) is 0.111. The second kappa shape index (κ2) is 4.27. The number of nitrogens with one attached hydrogen (secondary N) is 1. The average Bonchev–Trinajstić information content (AvgIpc) is 2.09. The Kier molecular flexibility index (Phi) is 3.28. The van der Waals surface area contributed by atoms with Crippen molar-refractivity contribution in [3.05, 3.63) is 48.6 Å². The molecule has 0 saturated heterocycles. The third-order valence-corrected chi connectivity index (χ3v) is 1.93. The summed E-state index contributed by atoms with van der Waals surface area (Å²) in [5.41, 5.74) is 1.23. The predicted molar refractivity (Wildman–Crippen MR) is 52.2 cm³/mol. The van der Waals surface area contributed by atoms with Crippen molar-refractivity contribution in [2.75, 3.05) is 0 Å². The minimum atomic E-state index is 0.237. The quantitative estimate of drug-likeness (QED) is 0.535. The van der Waals surface area contributed by atoms with Crippen LogP contribution in [0.5, 0.6) is 0 Å². The molecule has 1 aromatic rings. The summed E-state index contributed by atoms with van der Waals surface area (Å²) in [4.78, 5) is 0. The molecule has 0 aromatic heterocycles. The normalized spacial score (nSPS) is 12.5. The molecule has 0 spiro atoms. The van der Waals surface area contributed by atoms with Gasteiger partial charge in [-0.15, -0.1) is 6.58 Å². The molecule has 1 rings (SSSR count). The van der Waals surface area contributed by atoms with E-state index in [1.54, 1.807) is 0 Å². The van der Waals surface area contributed by atoms with Crippen LogP contribution < -0.4 is 5.09 Å². The van der Waals surface area contributed by atoms with Gasteiger partial charge in [-0.05, 0) is 5.56 Å². The van der Waals surface area contributed by atoms with Crippen LogP contribution in [0.3, 0.4) is 0 Å². The molecule has 0 fully saturated rings. The van der Waals surface area contributed by atoms with Gasteiger partial charge in [0.1, 0.15) is 0 Å². The van der Waals surface area contributed by atoms with Crippen molar-refractivity contribution in [3.8, 4) is 0 Å². The molecule has 0 amide bonds. The first-order valence-electron chi connectivity index (χ1n) is 3.52. The van der Waals surface area contributed by atoms with E-state index in [0.717, 1.165) is 0 Å². The smallest absolute Gasteiger partial charge is 0.0532 e. The molecule has 11 heavy (non-hydrogen) atoms. The van der Waals surface area contributed by atoms with Gasteiger partial charge in [-0.2, -0.15) is 0 Å². The number of benzene rings is 1. The van der Waals surface area contributed by atoms with E-state index in [4.69, 9.17) is 0 Å². The van der Waals surface area contributed by atoms with E-state index in [-0.39, 0.29) is 6.04 Å². The summed E-state index contributed by atoms with van der Waals surface area (Å²) < 4.78 is 0. The van der Waals surface area contributed by atoms with Crippen LogP contribution in [0.2, 0.25) is 0 Å². The van der Waals surface area contributed by atoms with Gasteiger partial charge in [-0.1, -0.05) is 45.8 Å². The molecule has 1 nitrogen and oxygen atoms in total. The Bertz CT molecular complexity index is 220.